The van der Waals surface area contributed by atoms with Gasteiger partial charge in [0.1, 0.15) is 22.1 Å². The molecular weight excluding hydrogens is 345 g/mol. The van der Waals surface area contributed by atoms with E-state index in [1.54, 1.807) is 12.1 Å². The third-order valence-corrected chi connectivity index (χ3v) is 3.81. The van der Waals surface area contributed by atoms with Gasteiger partial charge in [-0.3, -0.25) is 0 Å². The van der Waals surface area contributed by atoms with Crippen LogP contribution in [0.25, 0.3) is 0 Å². The van der Waals surface area contributed by atoms with Crippen molar-refractivity contribution < 1.29 is 4.39 Å². The van der Waals surface area contributed by atoms with Crippen molar-refractivity contribution in [3.63, 3.8) is 0 Å². The summed E-state index contributed by atoms with van der Waals surface area (Å²) in [7, 11) is 0. The van der Waals surface area contributed by atoms with Gasteiger partial charge in [0.05, 0.1) is 5.02 Å². The van der Waals surface area contributed by atoms with Crippen molar-refractivity contribution in [2.75, 3.05) is 5.32 Å². The van der Waals surface area contributed by atoms with Gasteiger partial charge in [-0.1, -0.05) is 17.7 Å². The predicted octanol–water partition coefficient (Wildman–Crippen LogP) is 4.52. The Labute approximate surface area is 129 Å². The molecule has 1 saturated carbocycles. The molecule has 3 nitrogen and oxygen atoms in total. The van der Waals surface area contributed by atoms with Gasteiger partial charge >= 0.3 is 0 Å². The summed E-state index contributed by atoms with van der Waals surface area (Å²) in [5.41, 5.74) is 0.902. The van der Waals surface area contributed by atoms with Crippen LogP contribution >= 0.6 is 27.5 Å². The van der Waals surface area contributed by atoms with Gasteiger partial charge in [0.15, 0.2) is 0 Å². The molecule has 0 atom stereocenters. The van der Waals surface area contributed by atoms with E-state index in [9.17, 15) is 4.39 Å². The molecule has 0 unspecified atom stereocenters. The Morgan fingerprint density at radius 3 is 2.80 bits per heavy atom. The molecule has 104 valence electrons. The van der Waals surface area contributed by atoms with E-state index in [2.05, 4.69) is 31.2 Å². The number of hydrogen-bond acceptors (Lipinski definition) is 3. The lowest BCUT2D eigenvalue weighted by atomic mass is 10.2. The quantitative estimate of drug-likeness (QED) is 0.818. The number of aromatic nitrogens is 2. The minimum Gasteiger partial charge on any atom is -0.366 e. The molecule has 1 aromatic heterocycles. The van der Waals surface area contributed by atoms with Gasteiger partial charge in [-0.25, -0.2) is 14.4 Å². The minimum absolute atomic E-state index is 0.131. The van der Waals surface area contributed by atoms with Crippen molar-refractivity contribution in [2.45, 2.75) is 25.3 Å². The summed E-state index contributed by atoms with van der Waals surface area (Å²) in [5, 5.41) is 3.34. The Balaban J connectivity index is 1.72. The molecule has 1 fully saturated rings. The first-order valence-electron chi connectivity index (χ1n) is 6.34. The fraction of sp³-hybridized carbons (Fsp3) is 0.286. The number of nitrogens with one attached hydrogen (secondary N) is 1. The van der Waals surface area contributed by atoms with Gasteiger partial charge in [-0.15, -0.1) is 0 Å². The molecule has 6 heteroatoms. The van der Waals surface area contributed by atoms with Crippen molar-refractivity contribution in [3.8, 4) is 0 Å². The average Bonchev–Trinajstić information content (AvgIpc) is 3.24. The molecule has 1 aromatic carbocycles. The number of nitrogens with zero attached hydrogens (tertiary/aromatic N) is 2. The van der Waals surface area contributed by atoms with E-state index in [0.29, 0.717) is 12.5 Å². The van der Waals surface area contributed by atoms with E-state index in [-0.39, 0.29) is 5.02 Å². The Morgan fingerprint density at radius 2 is 2.10 bits per heavy atom. The smallest absolute Gasteiger partial charge is 0.141 e. The summed E-state index contributed by atoms with van der Waals surface area (Å²) in [6.45, 7) is 0.535. The van der Waals surface area contributed by atoms with Crippen LogP contribution in [0.15, 0.2) is 28.9 Å². The predicted molar refractivity (Wildman–Crippen MR) is 80.4 cm³/mol. The maximum atomic E-state index is 13.1. The van der Waals surface area contributed by atoms with Crippen LogP contribution in [0.3, 0.4) is 0 Å². The molecule has 0 saturated heterocycles. The third kappa shape index (κ3) is 3.27. The van der Waals surface area contributed by atoms with Crippen LogP contribution < -0.4 is 5.32 Å². The zero-order valence-corrected chi connectivity index (χ0v) is 12.9. The third-order valence-electron chi connectivity index (χ3n) is 3.11. The van der Waals surface area contributed by atoms with Crippen LogP contribution in [0.4, 0.5) is 10.2 Å². The van der Waals surface area contributed by atoms with Crippen LogP contribution in [0.1, 0.15) is 30.1 Å². The lowest BCUT2D eigenvalue weighted by molar-refractivity contribution is 0.627. The van der Waals surface area contributed by atoms with Gasteiger partial charge in [-0.2, -0.15) is 0 Å². The molecule has 2 aromatic rings. The molecule has 0 amide bonds. The Kier molecular flexibility index (Phi) is 3.89. The van der Waals surface area contributed by atoms with Gasteiger partial charge < -0.3 is 5.32 Å². The molecule has 1 aliphatic carbocycles. The van der Waals surface area contributed by atoms with Crippen LogP contribution in [0.2, 0.25) is 5.02 Å². The Morgan fingerprint density at radius 1 is 1.30 bits per heavy atom. The summed E-state index contributed by atoms with van der Waals surface area (Å²) in [5.74, 6) is 1.72. The average molecular weight is 357 g/mol. The second-order valence-corrected chi connectivity index (χ2v) is 6.03. The number of benzene rings is 1. The lowest BCUT2D eigenvalue weighted by Crippen LogP contribution is -2.04. The molecular formula is C14H12BrClFN3. The molecule has 0 bridgehead atoms. The van der Waals surface area contributed by atoms with Crippen molar-refractivity contribution in [1.82, 2.24) is 9.97 Å². The molecule has 0 aliphatic heterocycles. The highest BCUT2D eigenvalue weighted by Crippen LogP contribution is 2.38. The highest BCUT2D eigenvalue weighted by atomic mass is 79.9. The van der Waals surface area contributed by atoms with Crippen LogP contribution in [0, 0.1) is 5.82 Å². The van der Waals surface area contributed by atoms with Crippen LogP contribution in [0.5, 0.6) is 0 Å². The van der Waals surface area contributed by atoms with Gasteiger partial charge in [0, 0.05) is 18.5 Å². The number of hydrogen-bond donors (Lipinski definition) is 1. The van der Waals surface area contributed by atoms with E-state index in [1.165, 1.54) is 6.07 Å². The maximum absolute atomic E-state index is 13.1. The topological polar surface area (TPSA) is 37.8 Å². The molecule has 3 rings (SSSR count). The first kappa shape index (κ1) is 13.8. The molecule has 1 heterocycles. The normalized spacial score (nSPS) is 14.3. The standard InChI is InChI=1S/C14H12BrClFN3/c15-12-6-13(20-14(19-12)9-2-3-9)18-7-8-1-4-11(17)10(16)5-8/h1,4-6,9H,2-3,7H2,(H,18,19,20). The summed E-state index contributed by atoms with van der Waals surface area (Å²) >= 11 is 9.15. The fourth-order valence-electron chi connectivity index (χ4n) is 1.89. The summed E-state index contributed by atoms with van der Waals surface area (Å²) in [6, 6.07) is 6.51. The molecule has 0 spiro atoms. The molecule has 20 heavy (non-hydrogen) atoms. The van der Waals surface area contributed by atoms with Crippen molar-refractivity contribution >= 4 is 33.3 Å². The van der Waals surface area contributed by atoms with Gasteiger partial charge in [0.25, 0.3) is 0 Å². The summed E-state index contributed by atoms with van der Waals surface area (Å²) < 4.78 is 13.9. The first-order valence-corrected chi connectivity index (χ1v) is 7.51. The Bertz CT molecular complexity index is 646. The van der Waals surface area contributed by atoms with Crippen LogP contribution in [-0.4, -0.2) is 9.97 Å². The van der Waals surface area contributed by atoms with E-state index >= 15 is 0 Å². The van der Waals surface area contributed by atoms with E-state index in [1.807, 2.05) is 6.07 Å². The van der Waals surface area contributed by atoms with Crippen molar-refractivity contribution in [1.29, 1.82) is 0 Å². The van der Waals surface area contributed by atoms with E-state index in [4.69, 9.17) is 11.6 Å². The summed E-state index contributed by atoms with van der Waals surface area (Å²) in [6.07, 6.45) is 2.31. The van der Waals surface area contributed by atoms with Gasteiger partial charge in [0.2, 0.25) is 0 Å². The number of anilines is 1. The monoisotopic (exact) mass is 355 g/mol. The molecule has 0 radical (unpaired) electrons. The van der Waals surface area contributed by atoms with Crippen molar-refractivity contribution in [3.05, 3.63) is 51.1 Å². The fourth-order valence-corrected chi connectivity index (χ4v) is 2.49. The molecule has 1 aliphatic rings. The minimum atomic E-state index is -0.406. The zero-order chi connectivity index (χ0) is 14.1. The largest absolute Gasteiger partial charge is 0.366 e. The SMILES string of the molecule is Fc1ccc(CNc2cc(Br)nc(C3CC3)n2)cc1Cl. The zero-order valence-electron chi connectivity index (χ0n) is 10.5. The first-order chi connectivity index (χ1) is 9.61. The second-order valence-electron chi connectivity index (χ2n) is 4.81. The van der Waals surface area contributed by atoms with Crippen LogP contribution in [-0.2, 0) is 6.54 Å². The van der Waals surface area contributed by atoms with Gasteiger partial charge in [-0.05, 0) is 46.5 Å². The number of rotatable bonds is 4. The lowest BCUT2D eigenvalue weighted by Gasteiger charge is -2.08. The van der Waals surface area contributed by atoms with Crippen molar-refractivity contribution in [2.24, 2.45) is 0 Å². The van der Waals surface area contributed by atoms with E-state index in [0.717, 1.165) is 34.7 Å². The highest BCUT2D eigenvalue weighted by Gasteiger charge is 2.27. The highest BCUT2D eigenvalue weighted by molar-refractivity contribution is 9.10. The molecule has 1 N–H and O–H groups in total. The van der Waals surface area contributed by atoms with E-state index < -0.39 is 5.82 Å². The maximum Gasteiger partial charge on any atom is 0.141 e. The second kappa shape index (κ2) is 5.66. The number of halogens is 3. The Hall–Kier alpha value is -1.20. The summed E-state index contributed by atoms with van der Waals surface area (Å²) in [4.78, 5) is 8.86.